The molecule has 0 aliphatic heterocycles. The summed E-state index contributed by atoms with van der Waals surface area (Å²) in [6, 6.07) is 73.8. The molecule has 0 N–H and O–H groups in total. The molecule has 4 heteroatoms. The standard InChI is InChI=1S/C54H33NS3/c1-5-17-50-43(9-1)46-14-7-12-41(53(46)57-50)35-21-28-39(29-22-35)55(38-26-19-34(20-27-38)37-25-32-52-48(33-37)45-11-3-4-16-49(45)56-52)40-30-23-36(24-31-40)42-13-8-15-47-44-10-2-6-18-51(44)58-54(42)47/h1-33H. The Labute approximate surface area is 347 Å². The van der Waals surface area contributed by atoms with Crippen molar-refractivity contribution in [3.05, 3.63) is 200 Å². The van der Waals surface area contributed by atoms with Crippen LogP contribution in [-0.2, 0) is 0 Å². The van der Waals surface area contributed by atoms with Gasteiger partial charge in [-0.2, -0.15) is 0 Å². The summed E-state index contributed by atoms with van der Waals surface area (Å²) >= 11 is 5.62. The van der Waals surface area contributed by atoms with Gasteiger partial charge in [0.05, 0.1) is 0 Å². The van der Waals surface area contributed by atoms with Crippen LogP contribution in [0.15, 0.2) is 200 Å². The Bertz CT molecular complexity index is 3340. The van der Waals surface area contributed by atoms with E-state index in [1.165, 1.54) is 93.9 Å². The molecule has 0 atom stereocenters. The Hall–Kier alpha value is -6.56. The molecule has 0 amide bonds. The highest BCUT2D eigenvalue weighted by molar-refractivity contribution is 7.27. The molecule has 0 unspecified atom stereocenters. The first-order valence-corrected chi connectivity index (χ1v) is 22.0. The maximum Gasteiger partial charge on any atom is 0.0462 e. The fourth-order valence-electron chi connectivity index (χ4n) is 8.68. The normalized spacial score (nSPS) is 11.8. The number of hydrogen-bond donors (Lipinski definition) is 0. The van der Waals surface area contributed by atoms with Crippen molar-refractivity contribution in [2.24, 2.45) is 0 Å². The Morgan fingerprint density at radius 1 is 0.259 bits per heavy atom. The zero-order chi connectivity index (χ0) is 38.2. The van der Waals surface area contributed by atoms with Crippen LogP contribution in [0.3, 0.4) is 0 Å². The van der Waals surface area contributed by atoms with Crippen molar-refractivity contribution in [2.45, 2.75) is 0 Å². The molecular formula is C54H33NS3. The molecule has 0 spiro atoms. The number of thiophene rings is 3. The summed E-state index contributed by atoms with van der Waals surface area (Å²) in [5.41, 5.74) is 10.8. The molecule has 12 rings (SSSR count). The third kappa shape index (κ3) is 5.48. The smallest absolute Gasteiger partial charge is 0.0462 e. The Morgan fingerprint density at radius 3 is 1.14 bits per heavy atom. The summed E-state index contributed by atoms with van der Waals surface area (Å²) in [7, 11) is 0. The predicted molar refractivity (Wildman–Crippen MR) is 256 cm³/mol. The van der Waals surface area contributed by atoms with Crippen LogP contribution in [0.1, 0.15) is 0 Å². The van der Waals surface area contributed by atoms with Crippen molar-refractivity contribution < 1.29 is 0 Å². The second kappa shape index (κ2) is 13.5. The van der Waals surface area contributed by atoms with Crippen LogP contribution in [0.25, 0.3) is 93.9 Å². The van der Waals surface area contributed by atoms with Crippen LogP contribution in [0.4, 0.5) is 17.1 Å². The average molecular weight is 792 g/mol. The van der Waals surface area contributed by atoms with E-state index in [0.717, 1.165) is 17.1 Å². The first-order valence-electron chi connectivity index (χ1n) is 19.6. The van der Waals surface area contributed by atoms with Gasteiger partial charge >= 0.3 is 0 Å². The molecule has 9 aromatic carbocycles. The van der Waals surface area contributed by atoms with Gasteiger partial charge in [0, 0.05) is 77.6 Å². The molecule has 0 saturated carbocycles. The summed E-state index contributed by atoms with van der Waals surface area (Å²) in [4.78, 5) is 2.38. The molecule has 0 bridgehead atoms. The van der Waals surface area contributed by atoms with Gasteiger partial charge in [0.2, 0.25) is 0 Å². The van der Waals surface area contributed by atoms with E-state index in [9.17, 15) is 0 Å². The van der Waals surface area contributed by atoms with E-state index in [4.69, 9.17) is 0 Å². The van der Waals surface area contributed by atoms with Gasteiger partial charge in [-0.05, 0) is 100 Å². The third-order valence-corrected chi connectivity index (χ3v) is 15.1. The maximum absolute atomic E-state index is 2.38. The van der Waals surface area contributed by atoms with Crippen LogP contribution in [0, 0.1) is 0 Å². The number of hydrogen-bond acceptors (Lipinski definition) is 4. The number of nitrogens with zero attached hydrogens (tertiary/aromatic N) is 1. The van der Waals surface area contributed by atoms with Crippen molar-refractivity contribution in [1.29, 1.82) is 0 Å². The zero-order valence-electron chi connectivity index (χ0n) is 31.2. The van der Waals surface area contributed by atoms with Gasteiger partial charge in [-0.25, -0.2) is 0 Å². The highest BCUT2D eigenvalue weighted by Crippen LogP contribution is 2.44. The zero-order valence-corrected chi connectivity index (χ0v) is 33.7. The van der Waals surface area contributed by atoms with Crippen LogP contribution < -0.4 is 4.90 Å². The number of rotatable bonds is 6. The lowest BCUT2D eigenvalue weighted by molar-refractivity contribution is 1.28. The SMILES string of the molecule is c1ccc2c(c1)sc1ccc(-c3ccc(N(c4ccc(-c5cccc6c5sc5ccccc56)cc4)c4ccc(-c5cccc6c5sc5ccccc56)cc4)cc3)cc12. The van der Waals surface area contributed by atoms with Gasteiger partial charge < -0.3 is 4.90 Å². The lowest BCUT2D eigenvalue weighted by Gasteiger charge is -2.26. The summed E-state index contributed by atoms with van der Waals surface area (Å²) in [6.07, 6.45) is 0. The second-order valence-electron chi connectivity index (χ2n) is 14.8. The van der Waals surface area contributed by atoms with Crippen LogP contribution in [-0.4, -0.2) is 0 Å². The molecule has 0 aliphatic carbocycles. The van der Waals surface area contributed by atoms with Crippen molar-refractivity contribution >= 4 is 112 Å². The molecular weight excluding hydrogens is 759 g/mol. The first-order chi connectivity index (χ1) is 28.7. The van der Waals surface area contributed by atoms with Crippen molar-refractivity contribution in [3.8, 4) is 33.4 Å². The minimum Gasteiger partial charge on any atom is -0.311 e. The Morgan fingerprint density at radius 2 is 0.638 bits per heavy atom. The molecule has 0 aliphatic rings. The predicted octanol–water partition coefficient (Wildman–Crippen LogP) is 17.3. The summed E-state index contributed by atoms with van der Waals surface area (Å²) < 4.78 is 7.98. The van der Waals surface area contributed by atoms with E-state index in [2.05, 4.69) is 205 Å². The molecule has 12 aromatic rings. The van der Waals surface area contributed by atoms with Crippen molar-refractivity contribution in [1.82, 2.24) is 0 Å². The molecule has 0 radical (unpaired) electrons. The fourth-order valence-corrected chi connectivity index (χ4v) is 12.2. The fraction of sp³-hybridized carbons (Fsp3) is 0. The van der Waals surface area contributed by atoms with Gasteiger partial charge in [-0.1, -0.05) is 133 Å². The lowest BCUT2D eigenvalue weighted by Crippen LogP contribution is -2.09. The van der Waals surface area contributed by atoms with E-state index in [1.54, 1.807) is 0 Å². The van der Waals surface area contributed by atoms with E-state index < -0.39 is 0 Å². The topological polar surface area (TPSA) is 3.24 Å². The molecule has 58 heavy (non-hydrogen) atoms. The first kappa shape index (κ1) is 33.6. The number of fused-ring (bicyclic) bond motifs is 9. The summed E-state index contributed by atoms with van der Waals surface area (Å²) in [6.45, 7) is 0. The Kier molecular flexibility index (Phi) is 7.83. The van der Waals surface area contributed by atoms with E-state index in [-0.39, 0.29) is 0 Å². The second-order valence-corrected chi connectivity index (χ2v) is 18.0. The highest BCUT2D eigenvalue weighted by atomic mass is 32.1. The van der Waals surface area contributed by atoms with E-state index in [1.807, 2.05) is 34.0 Å². The highest BCUT2D eigenvalue weighted by Gasteiger charge is 2.17. The largest absolute Gasteiger partial charge is 0.311 e. The molecule has 0 saturated heterocycles. The van der Waals surface area contributed by atoms with Crippen molar-refractivity contribution in [2.75, 3.05) is 4.90 Å². The molecule has 272 valence electrons. The van der Waals surface area contributed by atoms with E-state index >= 15 is 0 Å². The van der Waals surface area contributed by atoms with Gasteiger partial charge in [-0.3, -0.25) is 0 Å². The third-order valence-electron chi connectivity index (χ3n) is 11.5. The molecule has 1 nitrogen and oxygen atoms in total. The van der Waals surface area contributed by atoms with Gasteiger partial charge in [0.15, 0.2) is 0 Å². The van der Waals surface area contributed by atoms with Crippen LogP contribution in [0.5, 0.6) is 0 Å². The van der Waals surface area contributed by atoms with Crippen molar-refractivity contribution in [3.63, 3.8) is 0 Å². The Balaban J connectivity index is 0.947. The minimum atomic E-state index is 1.12. The van der Waals surface area contributed by atoms with Gasteiger partial charge in [0.25, 0.3) is 0 Å². The number of anilines is 3. The van der Waals surface area contributed by atoms with E-state index in [0.29, 0.717) is 0 Å². The summed E-state index contributed by atoms with van der Waals surface area (Å²) in [5, 5.41) is 7.94. The number of benzene rings is 9. The molecule has 3 aromatic heterocycles. The molecule has 0 fully saturated rings. The quantitative estimate of drug-likeness (QED) is 0.162. The van der Waals surface area contributed by atoms with Crippen LogP contribution >= 0.6 is 34.0 Å². The van der Waals surface area contributed by atoms with Crippen LogP contribution in [0.2, 0.25) is 0 Å². The minimum absolute atomic E-state index is 1.12. The average Bonchev–Trinajstić information content (AvgIpc) is 3.98. The van der Waals surface area contributed by atoms with Gasteiger partial charge in [0.1, 0.15) is 0 Å². The van der Waals surface area contributed by atoms with Gasteiger partial charge in [-0.15, -0.1) is 34.0 Å². The maximum atomic E-state index is 2.38. The lowest BCUT2D eigenvalue weighted by atomic mass is 10.0. The molecule has 3 heterocycles. The summed E-state index contributed by atoms with van der Waals surface area (Å²) in [5.74, 6) is 0. The monoisotopic (exact) mass is 791 g/mol.